The molecule has 0 bridgehead atoms. The van der Waals surface area contributed by atoms with Crippen molar-refractivity contribution >= 4 is 26.9 Å². The molecule has 7 heteroatoms. The number of benzene rings is 2. The monoisotopic (exact) mass is 832 g/mol. The van der Waals surface area contributed by atoms with Crippen LogP contribution in [0.3, 0.4) is 0 Å². The molecule has 0 saturated carbocycles. The number of rotatable bonds is 4. The second-order valence-electron chi connectivity index (χ2n) is 13.9. The van der Waals surface area contributed by atoms with Crippen LogP contribution in [-0.2, 0) is 27.0 Å². The molecule has 0 aromatic heterocycles. The summed E-state index contributed by atoms with van der Waals surface area (Å²) in [6.45, 7) is 36.7. The SMILES string of the molecule is Cc1c(C)c(C)c(CN2[C]N3CCCCC3C2)c(C)c1C.Cc1c(C)c(C)c(CN2[C]N3CCCCC3C2)c(C)c1C.[Br][Pd][Br]. The number of fused-ring (bicyclic) bond motifs is 2. The zero-order valence-corrected chi connectivity index (χ0v) is 34.2. The molecule has 4 aliphatic rings. The van der Waals surface area contributed by atoms with Gasteiger partial charge in [-0.05, 0) is 162 Å². The van der Waals surface area contributed by atoms with E-state index in [0.717, 1.165) is 26.2 Å². The minimum absolute atomic E-state index is 0.575. The van der Waals surface area contributed by atoms with Gasteiger partial charge in [-0.3, -0.25) is 19.6 Å². The van der Waals surface area contributed by atoms with Gasteiger partial charge in [0.1, 0.15) is 13.3 Å². The number of hydrogen-bond acceptors (Lipinski definition) is 4. The summed E-state index contributed by atoms with van der Waals surface area (Å²) in [4.78, 5) is 9.73. The molecule has 4 fully saturated rings. The molecule has 2 atom stereocenters. The summed E-state index contributed by atoms with van der Waals surface area (Å²) in [5, 5.41) is 0. The van der Waals surface area contributed by atoms with Crippen molar-refractivity contribution in [1.29, 1.82) is 0 Å². The van der Waals surface area contributed by atoms with Crippen LogP contribution in [0.1, 0.15) is 105 Å². The maximum atomic E-state index is 3.62. The van der Waals surface area contributed by atoms with Gasteiger partial charge in [0.25, 0.3) is 0 Å². The Balaban J connectivity index is 0.000000189. The van der Waals surface area contributed by atoms with Gasteiger partial charge in [-0.2, -0.15) is 0 Å². The van der Waals surface area contributed by atoms with Crippen LogP contribution in [0.5, 0.6) is 0 Å². The first-order valence-electron chi connectivity index (χ1n) is 16.9. The Morgan fingerprint density at radius 3 is 1.09 bits per heavy atom. The van der Waals surface area contributed by atoms with Crippen molar-refractivity contribution in [2.24, 2.45) is 0 Å². The van der Waals surface area contributed by atoms with E-state index in [1.807, 2.05) is 0 Å². The second kappa shape index (κ2) is 17.0. The molecule has 2 aromatic carbocycles. The standard InChI is InChI=1S/2C19H28N2.2BrH.Pd/c2*1-13-14(2)16(4)19(17(5)15(13)3)11-20-10-18-8-6-7-9-21(18)12-20;;;/h2*18H,6-11H2,1-5H3;2*1H;/q;;;;+2/p-2. The first kappa shape index (κ1) is 37.7. The van der Waals surface area contributed by atoms with Gasteiger partial charge in [0, 0.05) is 51.4 Å². The van der Waals surface area contributed by atoms with Gasteiger partial charge >= 0.3 is 40.8 Å². The van der Waals surface area contributed by atoms with Crippen LogP contribution in [0.2, 0.25) is 0 Å². The number of nitrogens with zero attached hydrogens (tertiary/aromatic N) is 4. The molecule has 2 aromatic rings. The third kappa shape index (κ3) is 8.74. The van der Waals surface area contributed by atoms with Crippen LogP contribution in [0, 0.1) is 82.6 Å². The summed E-state index contributed by atoms with van der Waals surface area (Å²) in [7, 11) is 0. The average Bonchev–Trinajstić information content (AvgIpc) is 3.65. The maximum absolute atomic E-state index is 3.62. The Labute approximate surface area is 297 Å². The molecule has 4 aliphatic heterocycles. The van der Waals surface area contributed by atoms with Crippen molar-refractivity contribution in [2.75, 3.05) is 26.2 Å². The van der Waals surface area contributed by atoms with Crippen LogP contribution >= 0.6 is 26.9 Å². The molecular formula is C38H56Br2N4Pd. The summed E-state index contributed by atoms with van der Waals surface area (Å²) in [5.41, 5.74) is 17.7. The van der Waals surface area contributed by atoms with Crippen LogP contribution in [0.4, 0.5) is 0 Å². The van der Waals surface area contributed by atoms with Gasteiger partial charge in [-0.1, -0.05) is 12.8 Å². The predicted molar refractivity (Wildman–Crippen MR) is 194 cm³/mol. The van der Waals surface area contributed by atoms with Gasteiger partial charge in [-0.15, -0.1) is 0 Å². The Bertz CT molecular complexity index is 1140. The fourth-order valence-corrected chi connectivity index (χ4v) is 7.81. The molecule has 0 spiro atoms. The van der Waals surface area contributed by atoms with Gasteiger partial charge in [0.2, 0.25) is 0 Å². The van der Waals surface area contributed by atoms with E-state index in [4.69, 9.17) is 0 Å². The second-order valence-corrected chi connectivity index (χ2v) is 21.1. The summed E-state index contributed by atoms with van der Waals surface area (Å²) < 4.78 is 0. The molecule has 0 aliphatic carbocycles. The molecule has 4 radical (unpaired) electrons. The summed E-state index contributed by atoms with van der Waals surface area (Å²) in [5.74, 6) is 0. The normalized spacial score (nSPS) is 22.5. The topological polar surface area (TPSA) is 13.0 Å². The third-order valence-corrected chi connectivity index (χ3v) is 11.7. The summed E-state index contributed by atoms with van der Waals surface area (Å²) in [6, 6.07) is 1.43. The first-order valence-corrected chi connectivity index (χ1v) is 24.0. The van der Waals surface area contributed by atoms with Gasteiger partial charge in [0.05, 0.1) is 0 Å². The first-order chi connectivity index (χ1) is 21.4. The van der Waals surface area contributed by atoms with Crippen molar-refractivity contribution in [3.8, 4) is 0 Å². The molecule has 252 valence electrons. The molecule has 4 saturated heterocycles. The Kier molecular flexibility index (Phi) is 14.3. The average molecular weight is 835 g/mol. The molecule has 0 amide bonds. The number of piperidine rings is 2. The van der Waals surface area contributed by atoms with Gasteiger partial charge in [-0.25, -0.2) is 0 Å². The summed E-state index contributed by atoms with van der Waals surface area (Å²) in [6.07, 6.45) is 8.12. The van der Waals surface area contributed by atoms with Crippen molar-refractivity contribution in [1.82, 2.24) is 19.6 Å². The van der Waals surface area contributed by atoms with Crippen LogP contribution in [0.25, 0.3) is 0 Å². The Hall–Kier alpha value is -0.0977. The van der Waals surface area contributed by atoms with Gasteiger partial charge in [0.15, 0.2) is 0 Å². The van der Waals surface area contributed by atoms with Crippen molar-refractivity contribution in [3.05, 3.63) is 80.1 Å². The molecule has 6 rings (SSSR count). The van der Waals surface area contributed by atoms with E-state index in [1.165, 1.54) is 118 Å². The third-order valence-electron chi connectivity index (χ3n) is 11.7. The molecule has 4 heterocycles. The number of halogens is 2. The van der Waals surface area contributed by atoms with Gasteiger partial charge < -0.3 is 0 Å². The quantitative estimate of drug-likeness (QED) is 0.285. The Morgan fingerprint density at radius 2 is 0.800 bits per heavy atom. The molecule has 45 heavy (non-hydrogen) atoms. The van der Waals surface area contributed by atoms with Crippen LogP contribution < -0.4 is 0 Å². The van der Waals surface area contributed by atoms with E-state index in [1.54, 1.807) is 0 Å². The van der Waals surface area contributed by atoms with Crippen molar-refractivity contribution in [2.45, 2.75) is 133 Å². The van der Waals surface area contributed by atoms with Crippen molar-refractivity contribution in [3.63, 3.8) is 0 Å². The number of hydrogen-bond donors (Lipinski definition) is 0. The van der Waals surface area contributed by atoms with E-state index in [0.29, 0.717) is 26.0 Å². The van der Waals surface area contributed by atoms with E-state index >= 15 is 0 Å². The molecule has 0 N–H and O–H groups in total. The van der Waals surface area contributed by atoms with Crippen molar-refractivity contribution < 1.29 is 13.9 Å². The zero-order valence-electron chi connectivity index (χ0n) is 29.5. The molecule has 2 unspecified atom stereocenters. The van der Waals surface area contributed by atoms with E-state index in [9.17, 15) is 0 Å². The predicted octanol–water partition coefficient (Wildman–Crippen LogP) is 9.48. The van der Waals surface area contributed by atoms with E-state index in [-0.39, 0.29) is 0 Å². The van der Waals surface area contributed by atoms with Crippen LogP contribution in [0.15, 0.2) is 0 Å². The summed E-state index contributed by atoms with van der Waals surface area (Å²) >= 11 is 6.80. The Morgan fingerprint density at radius 1 is 0.511 bits per heavy atom. The fourth-order valence-electron chi connectivity index (χ4n) is 7.81. The van der Waals surface area contributed by atoms with E-state index in [2.05, 4.69) is 129 Å². The molecular weight excluding hydrogens is 779 g/mol. The van der Waals surface area contributed by atoms with E-state index < -0.39 is 0 Å². The molecule has 4 nitrogen and oxygen atoms in total. The minimum atomic E-state index is 0.575. The zero-order chi connectivity index (χ0) is 33.0. The van der Waals surface area contributed by atoms with Crippen LogP contribution in [-0.4, -0.2) is 57.9 Å². The fraction of sp³-hybridized carbons (Fsp3) is 0.632.